The Morgan fingerprint density at radius 3 is 2.40 bits per heavy atom. The molecule has 1 aromatic heterocycles. The number of hydrogen-bond donors (Lipinski definition) is 2. The van der Waals surface area contributed by atoms with Gasteiger partial charge in [-0.2, -0.15) is 10.5 Å². The zero-order valence-corrected chi connectivity index (χ0v) is 10.5. The van der Waals surface area contributed by atoms with Gasteiger partial charge in [-0.25, -0.2) is 15.8 Å². The Hall–Kier alpha value is -2.98. The highest BCUT2D eigenvalue weighted by Gasteiger charge is 2.26. The largest absolute Gasteiger partial charge is 0.354 e. The van der Waals surface area contributed by atoms with Gasteiger partial charge in [0.25, 0.3) is 0 Å². The van der Waals surface area contributed by atoms with Crippen LogP contribution in [0.2, 0.25) is 0 Å². The second kappa shape index (κ2) is 7.45. The Labute approximate surface area is 114 Å². The van der Waals surface area contributed by atoms with E-state index in [1.165, 1.54) is 4.90 Å². The molecule has 0 aliphatic heterocycles. The molecule has 0 spiro atoms. The van der Waals surface area contributed by atoms with Gasteiger partial charge in [0, 0.05) is 13.1 Å². The third-order valence-electron chi connectivity index (χ3n) is 2.41. The quantitative estimate of drug-likeness (QED) is 0.405. The van der Waals surface area contributed by atoms with Gasteiger partial charge in [0.2, 0.25) is 11.6 Å². The van der Waals surface area contributed by atoms with E-state index in [9.17, 15) is 10.1 Å². The first-order valence-corrected chi connectivity index (χ1v) is 5.60. The zero-order chi connectivity index (χ0) is 15.0. The maximum atomic E-state index is 11.1. The van der Waals surface area contributed by atoms with Crippen LogP contribution in [0.4, 0.5) is 17.3 Å². The summed E-state index contributed by atoms with van der Waals surface area (Å²) in [7, 11) is 0. The Balaban J connectivity index is 3.21. The highest BCUT2D eigenvalue weighted by Crippen LogP contribution is 2.31. The lowest BCUT2D eigenvalue weighted by Gasteiger charge is -2.21. The lowest BCUT2D eigenvalue weighted by molar-refractivity contribution is -0.383. The predicted octanol–water partition coefficient (Wildman–Crippen LogP) is 0.304. The van der Waals surface area contributed by atoms with Crippen molar-refractivity contribution >= 4 is 17.3 Å². The van der Waals surface area contributed by atoms with Gasteiger partial charge in [0.05, 0.1) is 29.9 Å². The highest BCUT2D eigenvalue weighted by atomic mass is 16.6. The second-order valence-corrected chi connectivity index (χ2v) is 3.60. The van der Waals surface area contributed by atoms with E-state index in [1.807, 2.05) is 12.1 Å². The number of hydrazine groups is 1. The maximum absolute atomic E-state index is 11.1. The van der Waals surface area contributed by atoms with Crippen LogP contribution in [0.1, 0.15) is 12.8 Å². The SMILES string of the molecule is N#CCCN(CCC#N)c1ncnc(NN)c1[N+](=O)[O-]. The summed E-state index contributed by atoms with van der Waals surface area (Å²) >= 11 is 0. The van der Waals surface area contributed by atoms with Gasteiger partial charge in [-0.05, 0) is 0 Å². The molecule has 3 N–H and O–H groups in total. The van der Waals surface area contributed by atoms with Crippen LogP contribution < -0.4 is 16.2 Å². The van der Waals surface area contributed by atoms with Gasteiger partial charge in [-0.15, -0.1) is 0 Å². The Kier molecular flexibility index (Phi) is 5.62. The third kappa shape index (κ3) is 3.51. The van der Waals surface area contributed by atoms with Crippen molar-refractivity contribution in [2.75, 3.05) is 23.4 Å². The van der Waals surface area contributed by atoms with Crippen LogP contribution in [-0.4, -0.2) is 28.0 Å². The zero-order valence-electron chi connectivity index (χ0n) is 10.5. The first-order valence-electron chi connectivity index (χ1n) is 5.60. The molecule has 0 saturated heterocycles. The lowest BCUT2D eigenvalue weighted by atomic mass is 10.3. The van der Waals surface area contributed by atoms with Gasteiger partial charge in [0.1, 0.15) is 6.33 Å². The molecule has 0 fully saturated rings. The highest BCUT2D eigenvalue weighted by molar-refractivity contribution is 5.69. The molecular formula is C10H12N8O2. The van der Waals surface area contributed by atoms with Gasteiger partial charge >= 0.3 is 5.69 Å². The summed E-state index contributed by atoms with van der Waals surface area (Å²) in [6, 6.07) is 3.89. The predicted molar refractivity (Wildman–Crippen MR) is 69.2 cm³/mol. The van der Waals surface area contributed by atoms with E-state index >= 15 is 0 Å². The van der Waals surface area contributed by atoms with Crippen LogP contribution in [-0.2, 0) is 0 Å². The van der Waals surface area contributed by atoms with E-state index in [1.54, 1.807) is 0 Å². The normalized spacial score (nSPS) is 9.35. The number of anilines is 2. The molecule has 0 amide bonds. The van der Waals surface area contributed by atoms with Crippen LogP contribution in [0.5, 0.6) is 0 Å². The standard InChI is InChI=1S/C10H12N8O2/c11-3-1-5-17(6-2-4-12)10-8(18(19)20)9(16-13)14-7-15-10/h7H,1-2,5-6,13H2,(H,14,15,16). The number of nitrogens with two attached hydrogens (primary N) is 1. The van der Waals surface area contributed by atoms with Gasteiger partial charge < -0.3 is 10.3 Å². The number of hydrogen-bond acceptors (Lipinski definition) is 9. The molecule has 0 aliphatic rings. The molecular weight excluding hydrogens is 264 g/mol. The number of nitro groups is 1. The molecule has 0 aromatic carbocycles. The maximum Gasteiger partial charge on any atom is 0.354 e. The molecule has 1 heterocycles. The Bertz CT molecular complexity index is 543. The molecule has 10 nitrogen and oxygen atoms in total. The molecule has 0 aliphatic carbocycles. The van der Waals surface area contributed by atoms with E-state index in [4.69, 9.17) is 16.4 Å². The van der Waals surface area contributed by atoms with Crippen LogP contribution in [0.25, 0.3) is 0 Å². The molecule has 1 rings (SSSR count). The molecule has 0 saturated carbocycles. The molecule has 0 radical (unpaired) electrons. The summed E-state index contributed by atoms with van der Waals surface area (Å²) in [5, 5.41) is 28.4. The summed E-state index contributed by atoms with van der Waals surface area (Å²) in [5.74, 6) is 5.09. The second-order valence-electron chi connectivity index (χ2n) is 3.60. The minimum Gasteiger partial charge on any atom is -0.349 e. The van der Waals surface area contributed by atoms with Crippen molar-refractivity contribution in [2.24, 2.45) is 5.84 Å². The first kappa shape index (κ1) is 15.1. The minimum atomic E-state index is -0.656. The monoisotopic (exact) mass is 276 g/mol. The Morgan fingerprint density at radius 1 is 1.35 bits per heavy atom. The number of aromatic nitrogens is 2. The van der Waals surface area contributed by atoms with Crippen molar-refractivity contribution in [1.82, 2.24) is 9.97 Å². The summed E-state index contributed by atoms with van der Waals surface area (Å²) in [4.78, 5) is 19.5. The lowest BCUT2D eigenvalue weighted by Crippen LogP contribution is -2.28. The van der Waals surface area contributed by atoms with Crippen LogP contribution in [0.15, 0.2) is 6.33 Å². The molecule has 0 atom stereocenters. The van der Waals surface area contributed by atoms with E-state index in [0.29, 0.717) is 0 Å². The first-order chi connectivity index (χ1) is 9.65. The van der Waals surface area contributed by atoms with Gasteiger partial charge in [0.15, 0.2) is 0 Å². The summed E-state index contributed by atoms with van der Waals surface area (Å²) in [6.07, 6.45) is 1.43. The molecule has 104 valence electrons. The van der Waals surface area contributed by atoms with Crippen molar-refractivity contribution in [2.45, 2.75) is 12.8 Å². The fourth-order valence-corrected chi connectivity index (χ4v) is 1.57. The van der Waals surface area contributed by atoms with E-state index in [2.05, 4.69) is 15.4 Å². The fraction of sp³-hybridized carbons (Fsp3) is 0.400. The van der Waals surface area contributed by atoms with E-state index < -0.39 is 4.92 Å². The average Bonchev–Trinajstić information content (AvgIpc) is 2.46. The summed E-state index contributed by atoms with van der Waals surface area (Å²) in [5.41, 5.74) is 1.75. The molecule has 10 heteroatoms. The van der Waals surface area contributed by atoms with E-state index in [0.717, 1.165) is 6.33 Å². The average molecular weight is 276 g/mol. The summed E-state index contributed by atoms with van der Waals surface area (Å²) < 4.78 is 0. The fourth-order valence-electron chi connectivity index (χ4n) is 1.57. The van der Waals surface area contributed by atoms with Crippen LogP contribution in [0.3, 0.4) is 0 Å². The number of nitriles is 2. The summed E-state index contributed by atoms with van der Waals surface area (Å²) in [6.45, 7) is 0.445. The van der Waals surface area contributed by atoms with Crippen molar-refractivity contribution < 1.29 is 4.92 Å². The third-order valence-corrected chi connectivity index (χ3v) is 2.41. The number of nitrogens with one attached hydrogen (secondary N) is 1. The molecule has 1 aromatic rings. The van der Waals surface area contributed by atoms with Crippen molar-refractivity contribution in [3.05, 3.63) is 16.4 Å². The number of nitrogen functional groups attached to an aromatic ring is 1. The molecule has 0 unspecified atom stereocenters. The number of nitrogens with zero attached hydrogens (tertiary/aromatic N) is 6. The van der Waals surface area contributed by atoms with Crippen molar-refractivity contribution in [3.8, 4) is 12.1 Å². The van der Waals surface area contributed by atoms with Crippen molar-refractivity contribution in [3.63, 3.8) is 0 Å². The topological polar surface area (TPSA) is 158 Å². The molecule has 20 heavy (non-hydrogen) atoms. The van der Waals surface area contributed by atoms with Gasteiger partial charge in [-0.3, -0.25) is 10.1 Å². The smallest absolute Gasteiger partial charge is 0.349 e. The van der Waals surface area contributed by atoms with Crippen molar-refractivity contribution in [1.29, 1.82) is 10.5 Å². The number of rotatable bonds is 7. The van der Waals surface area contributed by atoms with Gasteiger partial charge in [-0.1, -0.05) is 0 Å². The van der Waals surface area contributed by atoms with E-state index in [-0.39, 0.29) is 43.3 Å². The van der Waals surface area contributed by atoms with Crippen LogP contribution in [0, 0.1) is 32.8 Å². The Morgan fingerprint density at radius 2 is 1.95 bits per heavy atom. The minimum absolute atomic E-state index is 0.0310. The van der Waals surface area contributed by atoms with Crippen LogP contribution >= 0.6 is 0 Å². The molecule has 0 bridgehead atoms.